The van der Waals surface area contributed by atoms with Crippen molar-refractivity contribution in [1.82, 2.24) is 0 Å². The molecule has 26 valence electrons. The molecular weight excluding hydrogens is 107 g/mol. The van der Waals surface area contributed by atoms with Crippen LogP contribution in [0.5, 0.6) is 0 Å². The third-order valence-corrected chi connectivity index (χ3v) is 0. The van der Waals surface area contributed by atoms with Crippen LogP contribution in [-0.4, -0.2) is 6.26 Å². The summed E-state index contributed by atoms with van der Waals surface area (Å²) < 4.78 is 0. The van der Waals surface area contributed by atoms with Gasteiger partial charge in [0.1, 0.15) is 0 Å². The Bertz CT molecular complexity index is 52.2. The van der Waals surface area contributed by atoms with E-state index in [1.807, 2.05) is 6.26 Å². The van der Waals surface area contributed by atoms with E-state index in [4.69, 9.17) is 0 Å². The topological polar surface area (TPSA) is 0 Å². The standard InChI is InChI=1S/CH4PS2/c1-4(2)3/h3H,1H3/q-1. The maximum absolute atomic E-state index is 3.86. The number of thiol groups is 1. The number of rotatable bonds is 0. The summed E-state index contributed by atoms with van der Waals surface area (Å²) in [5.41, 5.74) is 0. The van der Waals surface area contributed by atoms with Gasteiger partial charge in [-0.2, -0.15) is 0 Å². The van der Waals surface area contributed by atoms with Gasteiger partial charge in [0, 0.05) is 0 Å². The van der Waals surface area contributed by atoms with Crippen LogP contribution >= 0.6 is 19.5 Å². The first-order valence-corrected chi connectivity index (χ1v) is 4.51. The summed E-state index contributed by atoms with van der Waals surface area (Å²) in [5, 5.41) is 0. The maximum atomic E-state index is 3.86. The quantitative estimate of drug-likeness (QED) is 0.208. The summed E-state index contributed by atoms with van der Waals surface area (Å²) in [7, 11) is 3.89. The summed E-state index contributed by atoms with van der Waals surface area (Å²) in [6, 6.07) is 0. The van der Waals surface area contributed by atoms with Crippen LogP contribution < -0.4 is 0 Å². The van der Waals surface area contributed by atoms with E-state index in [0.717, 1.165) is 0 Å². The molecule has 3 heteroatoms. The Morgan fingerprint density at radius 2 is 2.00 bits per heavy atom. The van der Waals surface area contributed by atoms with Gasteiger partial charge in [-0.3, -0.25) is 0 Å². The zero-order valence-electron chi connectivity index (χ0n) is 2.30. The van der Waals surface area contributed by atoms with Crippen molar-refractivity contribution in [3.63, 3.8) is 0 Å². The van der Waals surface area contributed by atoms with Gasteiger partial charge in [0.05, 0.1) is 0 Å². The molecule has 0 saturated heterocycles. The van der Waals surface area contributed by atoms with Gasteiger partial charge in [-0.05, 0) is 0 Å². The molecule has 0 bridgehead atoms. The average Bonchev–Trinajstić information content (AvgIpc) is 0.811. The minimum atomic E-state index is 0.0278. The van der Waals surface area contributed by atoms with Crippen molar-refractivity contribution in [2.45, 2.75) is 0 Å². The first kappa shape index (κ1) is 5.13. The molecule has 0 radical (unpaired) electrons. The first-order valence-electron chi connectivity index (χ1n) is 0.773. The SMILES string of the molecule is C[S-](#P)S. The molecule has 0 nitrogen and oxygen atoms in total. The molecule has 0 rings (SSSR count). The molecule has 0 heterocycles. The predicted molar refractivity (Wildman–Crippen MR) is 29.2 cm³/mol. The summed E-state index contributed by atoms with van der Waals surface area (Å²) >= 11 is 3.86. The number of hydrogen-bond acceptors (Lipinski definition) is 2. The molecule has 0 aliphatic carbocycles. The second kappa shape index (κ2) is 2.37. The molecule has 4 heavy (non-hydrogen) atoms. The molecule has 0 aliphatic rings. The molecule has 0 fully saturated rings. The van der Waals surface area contributed by atoms with Crippen molar-refractivity contribution in [2.24, 2.45) is 0 Å². The van der Waals surface area contributed by atoms with E-state index >= 15 is 0 Å². The van der Waals surface area contributed by atoms with Crippen LogP contribution in [0.3, 0.4) is 0 Å². The summed E-state index contributed by atoms with van der Waals surface area (Å²) in [6.45, 7) is 0. The Hall–Kier alpha value is 1.13. The van der Waals surface area contributed by atoms with Crippen LogP contribution in [-0.2, 0) is 8.90 Å². The van der Waals surface area contributed by atoms with Crippen LogP contribution in [0.2, 0.25) is 0 Å². The van der Waals surface area contributed by atoms with E-state index < -0.39 is 0 Å². The van der Waals surface area contributed by atoms with Gasteiger partial charge < -0.3 is 0 Å². The molecule has 0 N–H and O–H groups in total. The Morgan fingerprint density at radius 3 is 2.00 bits per heavy atom. The van der Waals surface area contributed by atoms with Gasteiger partial charge in [0.15, 0.2) is 0 Å². The molecule has 0 spiro atoms. The van der Waals surface area contributed by atoms with Gasteiger partial charge in [-0.25, -0.2) is 0 Å². The fourth-order valence-electron chi connectivity index (χ4n) is 0. The molecule has 0 amide bonds. The number of hydrogen-bond donors (Lipinski definition) is 1. The Labute approximate surface area is 35.2 Å². The zero-order chi connectivity index (χ0) is 3.58. The van der Waals surface area contributed by atoms with E-state index in [-0.39, 0.29) is 8.90 Å². The van der Waals surface area contributed by atoms with Gasteiger partial charge in [-0.1, -0.05) is 0 Å². The van der Waals surface area contributed by atoms with Crippen molar-refractivity contribution in [3.05, 3.63) is 0 Å². The monoisotopic (exact) mass is 111 g/mol. The van der Waals surface area contributed by atoms with Gasteiger partial charge in [-0.15, -0.1) is 0 Å². The normalized spacial score (nSPS) is 8.50. The molecule has 0 aromatic heterocycles. The van der Waals surface area contributed by atoms with Crippen molar-refractivity contribution in [1.29, 1.82) is 0 Å². The van der Waals surface area contributed by atoms with Crippen molar-refractivity contribution < 1.29 is 0 Å². The fourth-order valence-corrected chi connectivity index (χ4v) is 0. The molecular formula is CH4PS2-. The Balaban J connectivity index is 3.02. The zero-order valence-corrected chi connectivity index (χ0v) is 4.91. The van der Waals surface area contributed by atoms with Crippen molar-refractivity contribution in [2.75, 3.05) is 6.26 Å². The van der Waals surface area contributed by atoms with E-state index in [0.29, 0.717) is 0 Å². The first-order chi connectivity index (χ1) is 1.73. The summed E-state index contributed by atoms with van der Waals surface area (Å²) in [5.74, 6) is 0. The molecule has 0 aromatic rings. The molecule has 0 aromatic carbocycles. The second-order valence-corrected chi connectivity index (χ2v) is 5.49. The molecule has 0 unspecified atom stereocenters. The van der Waals surface area contributed by atoms with Crippen molar-refractivity contribution >= 4 is 28.4 Å². The third-order valence-electron chi connectivity index (χ3n) is 0. The second-order valence-electron chi connectivity index (χ2n) is 0.447. The van der Waals surface area contributed by atoms with E-state index in [9.17, 15) is 0 Å². The van der Waals surface area contributed by atoms with Gasteiger partial charge in [0.2, 0.25) is 0 Å². The van der Waals surface area contributed by atoms with Crippen LogP contribution in [0.25, 0.3) is 0 Å². The van der Waals surface area contributed by atoms with E-state index in [1.165, 1.54) is 0 Å². The van der Waals surface area contributed by atoms with Crippen LogP contribution in [0.1, 0.15) is 0 Å². The van der Waals surface area contributed by atoms with Crippen LogP contribution in [0.15, 0.2) is 0 Å². The third kappa shape index (κ3) is 11.1. The fraction of sp³-hybridized carbons (Fsp3) is 1.00. The van der Waals surface area contributed by atoms with E-state index in [2.05, 4.69) is 19.5 Å². The van der Waals surface area contributed by atoms with Crippen molar-refractivity contribution in [3.8, 4) is 0 Å². The summed E-state index contributed by atoms with van der Waals surface area (Å²) in [6.07, 6.45) is 1.92. The Morgan fingerprint density at radius 1 is 2.00 bits per heavy atom. The molecule has 0 saturated carbocycles. The van der Waals surface area contributed by atoms with Crippen LogP contribution in [0.4, 0.5) is 0 Å². The summed E-state index contributed by atoms with van der Waals surface area (Å²) in [4.78, 5) is 0. The Kier molecular flexibility index (Phi) is 3.04. The van der Waals surface area contributed by atoms with Gasteiger partial charge >= 0.3 is 34.6 Å². The van der Waals surface area contributed by atoms with Crippen LogP contribution in [0, 0.1) is 0 Å². The van der Waals surface area contributed by atoms with Gasteiger partial charge in [0.25, 0.3) is 0 Å². The minimum absolute atomic E-state index is 0.0278. The molecule has 0 atom stereocenters. The predicted octanol–water partition coefficient (Wildman–Crippen LogP) is 1.40. The van der Waals surface area contributed by atoms with E-state index in [1.54, 1.807) is 0 Å². The molecule has 0 aliphatic heterocycles. The average molecular weight is 111 g/mol.